The number of thiazole rings is 1. The average molecular weight is 298 g/mol. The highest BCUT2D eigenvalue weighted by molar-refractivity contribution is 7.09. The van der Waals surface area contributed by atoms with Crippen LogP contribution >= 0.6 is 22.9 Å². The molecule has 19 heavy (non-hydrogen) atoms. The topological polar surface area (TPSA) is 47.8 Å². The van der Waals surface area contributed by atoms with E-state index in [0.717, 1.165) is 35.5 Å². The van der Waals surface area contributed by atoms with Crippen LogP contribution in [0.5, 0.6) is 0 Å². The molecule has 0 amide bonds. The first-order valence-corrected chi connectivity index (χ1v) is 7.63. The zero-order valence-electron chi connectivity index (χ0n) is 10.8. The molecule has 2 aromatic heterocycles. The van der Waals surface area contributed by atoms with Crippen molar-refractivity contribution >= 4 is 22.9 Å². The summed E-state index contributed by atoms with van der Waals surface area (Å²) in [4.78, 5) is 19.7. The Morgan fingerprint density at radius 2 is 2.26 bits per heavy atom. The lowest BCUT2D eigenvalue weighted by Gasteiger charge is -2.04. The van der Waals surface area contributed by atoms with Gasteiger partial charge in [0.15, 0.2) is 0 Å². The van der Waals surface area contributed by atoms with Crippen LogP contribution in [0.4, 0.5) is 0 Å². The Kier molecular flexibility index (Phi) is 5.10. The van der Waals surface area contributed by atoms with Crippen LogP contribution in [-0.4, -0.2) is 14.5 Å². The van der Waals surface area contributed by atoms with Crippen molar-refractivity contribution in [3.8, 4) is 0 Å². The maximum absolute atomic E-state index is 11.5. The van der Waals surface area contributed by atoms with Gasteiger partial charge < -0.3 is 0 Å². The lowest BCUT2D eigenvalue weighted by molar-refractivity contribution is 0.579. The molecule has 0 bridgehead atoms. The number of aryl methyl sites for hydroxylation is 3. The highest BCUT2D eigenvalue weighted by Crippen LogP contribution is 2.14. The van der Waals surface area contributed by atoms with Gasteiger partial charge in [-0.25, -0.2) is 14.8 Å². The zero-order valence-corrected chi connectivity index (χ0v) is 12.4. The fraction of sp³-hybridized carbons (Fsp3) is 0.462. The fourth-order valence-corrected chi connectivity index (χ4v) is 2.88. The van der Waals surface area contributed by atoms with E-state index in [1.54, 1.807) is 22.1 Å². The maximum atomic E-state index is 11.5. The second-order valence-electron chi connectivity index (χ2n) is 4.43. The Morgan fingerprint density at radius 1 is 1.42 bits per heavy atom. The molecule has 102 valence electrons. The monoisotopic (exact) mass is 297 g/mol. The summed E-state index contributed by atoms with van der Waals surface area (Å²) in [5, 5.41) is 3.11. The third kappa shape index (κ3) is 4.14. The molecule has 0 saturated heterocycles. The predicted molar refractivity (Wildman–Crippen MR) is 77.8 cm³/mol. The summed E-state index contributed by atoms with van der Waals surface area (Å²) in [5.74, 6) is 0.473. The molecule has 0 unspecified atom stereocenters. The normalized spacial score (nSPS) is 10.8. The summed E-state index contributed by atoms with van der Waals surface area (Å²) < 4.78 is 1.67. The molecule has 6 heteroatoms. The molecule has 0 N–H and O–H groups in total. The molecule has 0 saturated carbocycles. The highest BCUT2D eigenvalue weighted by Gasteiger charge is 2.02. The molecule has 2 heterocycles. The molecule has 4 nitrogen and oxygen atoms in total. The molecular formula is C13H16ClN3OS. The Balaban J connectivity index is 1.80. The summed E-state index contributed by atoms with van der Waals surface area (Å²) in [6.07, 6.45) is 6.35. The van der Waals surface area contributed by atoms with E-state index in [9.17, 15) is 4.79 Å². The van der Waals surface area contributed by atoms with Gasteiger partial charge in [0, 0.05) is 24.3 Å². The second-order valence-corrected chi connectivity index (χ2v) is 5.64. The molecule has 0 fully saturated rings. The standard InChI is InChI=1S/C13H16ClN3OS/c1-10-7-15-13(18)17(8-10)5-3-2-4-12-16-11(6-14)9-19-12/h7-9H,2-6H2,1H3. The van der Waals surface area contributed by atoms with E-state index in [4.69, 9.17) is 11.6 Å². The third-order valence-corrected chi connectivity index (χ3v) is 3.99. The van der Waals surface area contributed by atoms with Gasteiger partial charge in [-0.05, 0) is 31.7 Å². The van der Waals surface area contributed by atoms with Crippen molar-refractivity contribution in [2.75, 3.05) is 0 Å². The SMILES string of the molecule is Cc1cnc(=O)n(CCCCc2nc(CCl)cs2)c1. The molecule has 0 aromatic carbocycles. The minimum atomic E-state index is -0.177. The predicted octanol–water partition coefficient (Wildman–Crippen LogP) is 2.77. The highest BCUT2D eigenvalue weighted by atomic mass is 35.5. The lowest BCUT2D eigenvalue weighted by Crippen LogP contribution is -2.22. The van der Waals surface area contributed by atoms with E-state index in [2.05, 4.69) is 9.97 Å². The van der Waals surface area contributed by atoms with Crippen molar-refractivity contribution in [2.24, 2.45) is 0 Å². The number of rotatable bonds is 6. The summed E-state index contributed by atoms with van der Waals surface area (Å²) in [6.45, 7) is 2.65. The van der Waals surface area contributed by atoms with Crippen molar-refractivity contribution in [2.45, 2.75) is 38.6 Å². The fourth-order valence-electron chi connectivity index (χ4n) is 1.81. The summed E-state index contributed by atoms with van der Waals surface area (Å²) in [6, 6.07) is 0. The van der Waals surface area contributed by atoms with E-state index >= 15 is 0 Å². The first kappa shape index (κ1) is 14.2. The molecule has 2 aromatic rings. The van der Waals surface area contributed by atoms with Gasteiger partial charge in [0.05, 0.1) is 16.6 Å². The van der Waals surface area contributed by atoms with Gasteiger partial charge in [-0.1, -0.05) is 0 Å². The van der Waals surface area contributed by atoms with E-state index in [1.165, 1.54) is 0 Å². The van der Waals surface area contributed by atoms with Gasteiger partial charge in [-0.15, -0.1) is 22.9 Å². The number of alkyl halides is 1. The van der Waals surface area contributed by atoms with Crippen molar-refractivity contribution in [3.05, 3.63) is 44.5 Å². The van der Waals surface area contributed by atoms with Crippen molar-refractivity contribution < 1.29 is 0 Å². The van der Waals surface area contributed by atoms with Gasteiger partial charge in [-0.3, -0.25) is 4.57 Å². The van der Waals surface area contributed by atoms with Crippen molar-refractivity contribution in [3.63, 3.8) is 0 Å². The van der Waals surface area contributed by atoms with Crippen LogP contribution in [-0.2, 0) is 18.8 Å². The molecule has 0 radical (unpaired) electrons. The average Bonchev–Trinajstić information content (AvgIpc) is 2.86. The number of halogens is 1. The minimum absolute atomic E-state index is 0.177. The molecular weight excluding hydrogens is 282 g/mol. The van der Waals surface area contributed by atoms with Crippen LogP contribution in [0.25, 0.3) is 0 Å². The van der Waals surface area contributed by atoms with E-state index in [-0.39, 0.29) is 5.69 Å². The van der Waals surface area contributed by atoms with Crippen LogP contribution in [0.3, 0.4) is 0 Å². The van der Waals surface area contributed by atoms with Crippen LogP contribution in [0.1, 0.15) is 29.1 Å². The third-order valence-electron chi connectivity index (χ3n) is 2.76. The molecule has 0 spiro atoms. The van der Waals surface area contributed by atoms with Gasteiger partial charge in [0.1, 0.15) is 0 Å². The van der Waals surface area contributed by atoms with Crippen LogP contribution in [0.15, 0.2) is 22.6 Å². The lowest BCUT2D eigenvalue weighted by atomic mass is 10.2. The second kappa shape index (κ2) is 6.82. The van der Waals surface area contributed by atoms with E-state index < -0.39 is 0 Å². The number of hydrogen-bond acceptors (Lipinski definition) is 4. The van der Waals surface area contributed by atoms with Crippen LogP contribution in [0.2, 0.25) is 0 Å². The number of unbranched alkanes of at least 4 members (excludes halogenated alkanes) is 1. The molecule has 0 aliphatic heterocycles. The Morgan fingerprint density at radius 3 is 3.00 bits per heavy atom. The molecule has 0 atom stereocenters. The Bertz CT molecular complexity index is 594. The Labute approximate surface area is 121 Å². The Hall–Kier alpha value is -1.20. The van der Waals surface area contributed by atoms with Crippen molar-refractivity contribution in [1.29, 1.82) is 0 Å². The quantitative estimate of drug-likeness (QED) is 0.608. The molecule has 0 aliphatic carbocycles. The number of hydrogen-bond donors (Lipinski definition) is 0. The van der Waals surface area contributed by atoms with Gasteiger partial charge in [0.2, 0.25) is 0 Å². The van der Waals surface area contributed by atoms with Gasteiger partial charge >= 0.3 is 5.69 Å². The zero-order chi connectivity index (χ0) is 13.7. The first-order valence-electron chi connectivity index (χ1n) is 6.21. The minimum Gasteiger partial charge on any atom is -0.299 e. The van der Waals surface area contributed by atoms with Crippen molar-refractivity contribution in [1.82, 2.24) is 14.5 Å². The first-order chi connectivity index (χ1) is 9.19. The van der Waals surface area contributed by atoms with Crippen LogP contribution in [0, 0.1) is 6.92 Å². The van der Waals surface area contributed by atoms with Gasteiger partial charge in [0.25, 0.3) is 0 Å². The number of aromatic nitrogens is 3. The molecule has 0 aliphatic rings. The van der Waals surface area contributed by atoms with E-state index in [0.29, 0.717) is 12.4 Å². The van der Waals surface area contributed by atoms with Gasteiger partial charge in [-0.2, -0.15) is 0 Å². The summed E-state index contributed by atoms with van der Waals surface area (Å²) in [5.41, 5.74) is 1.77. The van der Waals surface area contributed by atoms with E-state index in [1.807, 2.05) is 18.5 Å². The molecule has 2 rings (SSSR count). The maximum Gasteiger partial charge on any atom is 0.347 e. The largest absolute Gasteiger partial charge is 0.347 e. The summed E-state index contributed by atoms with van der Waals surface area (Å²) >= 11 is 7.36. The smallest absolute Gasteiger partial charge is 0.299 e. The number of nitrogens with zero attached hydrogens (tertiary/aromatic N) is 3. The van der Waals surface area contributed by atoms with Crippen LogP contribution < -0.4 is 5.69 Å². The summed E-state index contributed by atoms with van der Waals surface area (Å²) in [7, 11) is 0.